The third-order valence-electron chi connectivity index (χ3n) is 7.50. The monoisotopic (exact) mass is 476 g/mol. The van der Waals surface area contributed by atoms with Gasteiger partial charge in [-0.2, -0.15) is 11.8 Å². The number of carbonyl (C=O) groups excluding carboxylic acids is 1. The van der Waals surface area contributed by atoms with Gasteiger partial charge < -0.3 is 8.85 Å². The van der Waals surface area contributed by atoms with Crippen LogP contribution in [-0.4, -0.2) is 50.2 Å². The van der Waals surface area contributed by atoms with Crippen molar-refractivity contribution in [2.24, 2.45) is 0 Å². The van der Waals surface area contributed by atoms with Gasteiger partial charge in [-0.25, -0.2) is 0 Å². The van der Waals surface area contributed by atoms with Crippen LogP contribution in [0.4, 0.5) is 0 Å². The fourth-order valence-corrected chi connectivity index (χ4v) is 8.85. The Kier molecular flexibility index (Phi) is 8.33. The summed E-state index contributed by atoms with van der Waals surface area (Å²) in [5.74, 6) is 0. The highest BCUT2D eigenvalue weighted by Crippen LogP contribution is 2.47. The van der Waals surface area contributed by atoms with Crippen LogP contribution in [0.3, 0.4) is 0 Å². The molecule has 0 aromatic rings. The van der Waals surface area contributed by atoms with Crippen molar-refractivity contribution in [3.8, 4) is 0 Å². The van der Waals surface area contributed by atoms with Crippen LogP contribution in [0.1, 0.15) is 67.2 Å². The Labute approximate surface area is 190 Å². The summed E-state index contributed by atoms with van der Waals surface area (Å²) in [7, 11) is -3.69. The van der Waals surface area contributed by atoms with Crippen LogP contribution in [-0.2, 0) is 13.6 Å². The van der Waals surface area contributed by atoms with Crippen molar-refractivity contribution >= 4 is 45.3 Å². The Morgan fingerprint density at radius 1 is 0.931 bits per heavy atom. The summed E-state index contributed by atoms with van der Waals surface area (Å²) in [4.78, 5) is 11.7. The van der Waals surface area contributed by atoms with E-state index >= 15 is 0 Å². The lowest BCUT2D eigenvalue weighted by Gasteiger charge is -2.43. The second kappa shape index (κ2) is 9.30. The number of hydrogen-bond acceptors (Lipinski definition) is 5. The molecule has 0 unspecified atom stereocenters. The van der Waals surface area contributed by atoms with Crippen molar-refractivity contribution in [3.05, 3.63) is 0 Å². The predicted octanol–water partition coefficient (Wildman–Crippen LogP) is 7.09. The molecule has 0 aliphatic carbocycles. The number of rotatable bonds is 7. The van der Waals surface area contributed by atoms with Crippen molar-refractivity contribution in [2.75, 3.05) is 6.61 Å². The molecule has 4 atom stereocenters. The van der Waals surface area contributed by atoms with Crippen molar-refractivity contribution in [2.45, 2.75) is 125 Å². The first kappa shape index (κ1) is 26.0. The molecule has 2 rings (SSSR count). The van der Waals surface area contributed by atoms with E-state index in [-0.39, 0.29) is 16.2 Å². The molecule has 3 nitrogen and oxygen atoms in total. The number of hydrogen-bond donors (Lipinski definition) is 0. The van der Waals surface area contributed by atoms with E-state index in [1.54, 1.807) is 11.8 Å². The lowest BCUT2D eigenvalue weighted by Crippen LogP contribution is -2.50. The largest absolute Gasteiger partial charge is 0.414 e. The molecule has 0 radical (unpaired) electrons. The molecule has 0 N–H and O–H groups in total. The molecule has 29 heavy (non-hydrogen) atoms. The maximum absolute atomic E-state index is 11.7. The minimum absolute atomic E-state index is 0.155. The van der Waals surface area contributed by atoms with Gasteiger partial charge in [-0.3, -0.25) is 4.79 Å². The van der Waals surface area contributed by atoms with Gasteiger partial charge in [0.25, 0.3) is 0 Å². The quantitative estimate of drug-likeness (QED) is 0.367. The zero-order valence-corrected chi connectivity index (χ0v) is 24.0. The van der Waals surface area contributed by atoms with Crippen molar-refractivity contribution in [3.63, 3.8) is 0 Å². The van der Waals surface area contributed by atoms with E-state index in [0.29, 0.717) is 27.5 Å². The predicted molar refractivity (Wildman–Crippen MR) is 135 cm³/mol. The van der Waals surface area contributed by atoms with Crippen LogP contribution in [0.5, 0.6) is 0 Å². The summed E-state index contributed by atoms with van der Waals surface area (Å²) in [5.41, 5.74) is 0. The van der Waals surface area contributed by atoms with E-state index in [1.807, 2.05) is 0 Å². The van der Waals surface area contributed by atoms with Gasteiger partial charge in [0, 0.05) is 22.2 Å². The third-order valence-corrected chi connectivity index (χ3v) is 19.8. The Balaban J connectivity index is 2.11. The molecule has 2 aliphatic heterocycles. The van der Waals surface area contributed by atoms with Gasteiger partial charge in [0.2, 0.25) is 0 Å². The summed E-state index contributed by atoms with van der Waals surface area (Å²) in [6.45, 7) is 24.0. The summed E-state index contributed by atoms with van der Waals surface area (Å²) in [6, 6.07) is 0. The van der Waals surface area contributed by atoms with Crippen molar-refractivity contribution in [1.29, 1.82) is 0 Å². The van der Waals surface area contributed by atoms with Gasteiger partial charge >= 0.3 is 0 Å². The minimum atomic E-state index is -1.88. The average Bonchev–Trinajstić information content (AvgIpc) is 3.18. The maximum Gasteiger partial charge on any atom is 0.192 e. The number of thioether (sulfide) groups is 2. The molecular weight excluding hydrogens is 433 g/mol. The highest BCUT2D eigenvalue weighted by atomic mass is 32.2. The van der Waals surface area contributed by atoms with E-state index in [2.05, 4.69) is 79.5 Å². The van der Waals surface area contributed by atoms with Crippen LogP contribution in [0.25, 0.3) is 0 Å². The van der Waals surface area contributed by atoms with Gasteiger partial charge in [-0.15, -0.1) is 0 Å². The summed E-state index contributed by atoms with van der Waals surface area (Å²) < 4.78 is 13.6. The van der Waals surface area contributed by atoms with Gasteiger partial charge in [-0.1, -0.05) is 53.3 Å². The van der Waals surface area contributed by atoms with Crippen molar-refractivity contribution in [1.82, 2.24) is 0 Å². The van der Waals surface area contributed by atoms with Gasteiger partial charge in [0.1, 0.15) is 0 Å². The topological polar surface area (TPSA) is 35.5 Å². The van der Waals surface area contributed by atoms with E-state index in [1.165, 1.54) is 12.8 Å². The summed E-state index contributed by atoms with van der Waals surface area (Å²) >= 11 is 3.69. The Bertz CT molecular complexity index is 582. The molecule has 2 aliphatic rings. The molecule has 0 aromatic heterocycles. The third kappa shape index (κ3) is 6.61. The van der Waals surface area contributed by atoms with E-state index in [4.69, 9.17) is 8.85 Å². The molecule has 2 saturated heterocycles. The highest BCUT2D eigenvalue weighted by Gasteiger charge is 2.45. The van der Waals surface area contributed by atoms with Crippen LogP contribution < -0.4 is 0 Å². The Hall–Kier alpha value is 0.724. The zero-order chi connectivity index (χ0) is 22.3. The number of carbonyl (C=O) groups is 1. The normalized spacial score (nSPS) is 28.2. The molecule has 0 bridgehead atoms. The van der Waals surface area contributed by atoms with E-state index in [9.17, 15) is 4.79 Å². The summed E-state index contributed by atoms with van der Waals surface area (Å²) in [5, 5.41) is 2.37. The Morgan fingerprint density at radius 2 is 1.52 bits per heavy atom. The fraction of sp³-hybridized carbons (Fsp3) is 0.955. The second-order valence-corrected chi connectivity index (χ2v) is 24.2. The zero-order valence-electron chi connectivity index (χ0n) is 20.4. The molecular formula is C22H44O3S2Si2. The average molecular weight is 477 g/mol. The van der Waals surface area contributed by atoms with E-state index in [0.717, 1.165) is 12.8 Å². The maximum atomic E-state index is 11.7. The van der Waals surface area contributed by atoms with Crippen molar-refractivity contribution < 1.29 is 13.6 Å². The molecule has 2 heterocycles. The molecule has 0 saturated carbocycles. The van der Waals surface area contributed by atoms with Crippen LogP contribution in [0.15, 0.2) is 0 Å². The lowest BCUT2D eigenvalue weighted by molar-refractivity contribution is -0.110. The van der Waals surface area contributed by atoms with Crippen LogP contribution in [0, 0.1) is 0 Å². The van der Waals surface area contributed by atoms with E-state index < -0.39 is 16.6 Å². The smallest absolute Gasteiger partial charge is 0.192 e. The molecule has 7 heteroatoms. The first-order chi connectivity index (χ1) is 13.0. The standard InChI is InChI=1S/C22H44O3S2Si2/c1-21(2,3)28(7,8)24-15-16(25-29(9,10)22(4,5)6)17-11-12-18(26-17)19-13-14-20(23)27-19/h16-19H,11-15H2,1-10H3/t16-,17-,18-,19+/m1/s1. The molecule has 2 fully saturated rings. The summed E-state index contributed by atoms with van der Waals surface area (Å²) in [6.07, 6.45) is 4.36. The molecule has 170 valence electrons. The van der Waals surface area contributed by atoms with Crippen LogP contribution in [0.2, 0.25) is 36.3 Å². The molecule has 0 amide bonds. The van der Waals surface area contributed by atoms with Crippen LogP contribution >= 0.6 is 23.5 Å². The first-order valence-corrected chi connectivity index (χ1v) is 18.8. The SMILES string of the molecule is CC(C)(C)[Si](C)(C)OC[C@@H](O[Si](C)(C)C(C)(C)C)[C@H]1CC[C@H]([C@@H]2CCC(=O)S2)S1. The lowest BCUT2D eigenvalue weighted by atomic mass is 10.1. The molecule has 0 spiro atoms. The second-order valence-electron chi connectivity index (χ2n) is 11.8. The van der Waals surface area contributed by atoms with Gasteiger partial charge in [0.05, 0.1) is 12.7 Å². The Morgan fingerprint density at radius 3 is 2.00 bits per heavy atom. The molecule has 0 aromatic carbocycles. The fourth-order valence-electron chi connectivity index (χ4n) is 3.32. The van der Waals surface area contributed by atoms with Gasteiger partial charge in [-0.05, 0) is 55.5 Å². The minimum Gasteiger partial charge on any atom is -0.414 e. The highest BCUT2D eigenvalue weighted by molar-refractivity contribution is 8.15. The first-order valence-electron chi connectivity index (χ1n) is 11.2. The van der Waals surface area contributed by atoms with Gasteiger partial charge in [0.15, 0.2) is 21.8 Å².